The van der Waals surface area contributed by atoms with Crippen molar-refractivity contribution in [2.45, 2.75) is 31.8 Å². The smallest absolute Gasteiger partial charge is 0.259 e. The average molecular weight is 444 g/mol. The molecule has 0 saturated carbocycles. The summed E-state index contributed by atoms with van der Waals surface area (Å²) >= 11 is 3.05. The zero-order chi connectivity index (χ0) is 21.3. The maximum absolute atomic E-state index is 12.9. The summed E-state index contributed by atoms with van der Waals surface area (Å²) in [5.41, 5.74) is 0.901. The van der Waals surface area contributed by atoms with Crippen LogP contribution in [0, 0.1) is 13.8 Å². The van der Waals surface area contributed by atoms with Crippen LogP contribution in [0.5, 0.6) is 0 Å². The van der Waals surface area contributed by atoms with Crippen molar-refractivity contribution >= 4 is 45.0 Å². The van der Waals surface area contributed by atoms with Crippen LogP contribution in [-0.2, 0) is 10.5 Å². The minimum absolute atomic E-state index is 0.0953. The number of carbonyl (C=O) groups excluding carboxylic acids is 1. The van der Waals surface area contributed by atoms with Gasteiger partial charge in [0.2, 0.25) is 5.91 Å². The van der Waals surface area contributed by atoms with E-state index in [1.165, 1.54) is 11.8 Å². The predicted molar refractivity (Wildman–Crippen MR) is 124 cm³/mol. The highest BCUT2D eigenvalue weighted by Gasteiger charge is 2.26. The number of aromatic amines is 1. The molecule has 4 heterocycles. The van der Waals surface area contributed by atoms with Gasteiger partial charge in [-0.15, -0.1) is 23.1 Å². The number of anilines is 1. The molecule has 0 radical (unpaired) electrons. The fraction of sp³-hybridized carbons (Fsp3) is 0.429. The lowest BCUT2D eigenvalue weighted by molar-refractivity contribution is -0.130. The van der Waals surface area contributed by atoms with Crippen LogP contribution in [0.1, 0.15) is 23.2 Å². The predicted octanol–water partition coefficient (Wildman–Crippen LogP) is 2.97. The molecule has 7 nitrogen and oxygen atoms in total. The molecule has 1 atom stereocenters. The van der Waals surface area contributed by atoms with Gasteiger partial charge in [0.1, 0.15) is 16.5 Å². The van der Waals surface area contributed by atoms with Gasteiger partial charge in [0.05, 0.1) is 16.4 Å². The number of thiophene rings is 1. The molecule has 4 rings (SSSR count). The molecule has 0 aliphatic carbocycles. The number of thioether (sulfide) groups is 1. The van der Waals surface area contributed by atoms with Crippen molar-refractivity contribution in [3.8, 4) is 0 Å². The number of aromatic nitrogens is 3. The van der Waals surface area contributed by atoms with Gasteiger partial charge in [-0.3, -0.25) is 9.59 Å². The van der Waals surface area contributed by atoms with E-state index in [0.717, 1.165) is 34.2 Å². The van der Waals surface area contributed by atoms with Gasteiger partial charge in [0.15, 0.2) is 0 Å². The second-order valence-electron chi connectivity index (χ2n) is 7.43. The quantitative estimate of drug-likeness (QED) is 0.653. The lowest BCUT2D eigenvalue weighted by atomic mass is 10.2. The van der Waals surface area contributed by atoms with Gasteiger partial charge in [0, 0.05) is 37.3 Å². The lowest BCUT2D eigenvalue weighted by Gasteiger charge is -2.36. The molecule has 1 amide bonds. The molecule has 158 valence electrons. The number of nitrogens with one attached hydrogen (secondary N) is 1. The van der Waals surface area contributed by atoms with Crippen LogP contribution in [0.15, 0.2) is 29.2 Å². The molecular weight excluding hydrogens is 418 g/mol. The van der Waals surface area contributed by atoms with E-state index in [1.54, 1.807) is 17.5 Å². The molecular formula is C21H25N5O2S2. The molecule has 1 saturated heterocycles. The summed E-state index contributed by atoms with van der Waals surface area (Å²) in [6, 6.07) is 5.88. The number of nitrogens with zero attached hydrogens (tertiary/aromatic N) is 4. The van der Waals surface area contributed by atoms with Gasteiger partial charge < -0.3 is 14.8 Å². The number of hydrogen-bond acceptors (Lipinski definition) is 7. The van der Waals surface area contributed by atoms with Gasteiger partial charge >= 0.3 is 0 Å². The van der Waals surface area contributed by atoms with E-state index in [4.69, 9.17) is 0 Å². The highest BCUT2D eigenvalue weighted by molar-refractivity contribution is 7.99. The summed E-state index contributed by atoms with van der Waals surface area (Å²) in [6.07, 6.45) is 1.79. The van der Waals surface area contributed by atoms with Crippen LogP contribution in [0.2, 0.25) is 0 Å². The van der Waals surface area contributed by atoms with Gasteiger partial charge in [-0.2, -0.15) is 0 Å². The fourth-order valence-corrected chi connectivity index (χ4v) is 5.48. The zero-order valence-electron chi connectivity index (χ0n) is 17.3. The van der Waals surface area contributed by atoms with E-state index in [9.17, 15) is 9.59 Å². The first kappa shape index (κ1) is 20.9. The molecule has 3 aromatic rings. The first-order valence-electron chi connectivity index (χ1n) is 9.99. The molecule has 0 aromatic carbocycles. The largest absolute Gasteiger partial charge is 0.353 e. The van der Waals surface area contributed by atoms with Crippen LogP contribution in [0.25, 0.3) is 10.2 Å². The van der Waals surface area contributed by atoms with Gasteiger partial charge in [-0.25, -0.2) is 9.97 Å². The molecule has 1 aliphatic rings. The van der Waals surface area contributed by atoms with Crippen molar-refractivity contribution in [2.75, 3.05) is 31.1 Å². The van der Waals surface area contributed by atoms with Crippen LogP contribution in [0.3, 0.4) is 0 Å². The van der Waals surface area contributed by atoms with E-state index >= 15 is 0 Å². The normalized spacial score (nSPS) is 15.6. The van der Waals surface area contributed by atoms with Gasteiger partial charge in [-0.05, 0) is 38.5 Å². The van der Waals surface area contributed by atoms with Crippen molar-refractivity contribution in [1.82, 2.24) is 19.9 Å². The summed E-state index contributed by atoms with van der Waals surface area (Å²) < 4.78 is 0. The first-order chi connectivity index (χ1) is 14.4. The Morgan fingerprint density at radius 1 is 1.27 bits per heavy atom. The number of aryl methyl sites for hydroxylation is 2. The maximum Gasteiger partial charge on any atom is 0.259 e. The Morgan fingerprint density at radius 2 is 2.03 bits per heavy atom. The molecule has 30 heavy (non-hydrogen) atoms. The molecule has 0 spiro atoms. The summed E-state index contributed by atoms with van der Waals surface area (Å²) in [6.45, 7) is 8.82. The minimum Gasteiger partial charge on any atom is -0.353 e. The number of carbonyl (C=O) groups is 1. The molecule has 1 unspecified atom stereocenters. The van der Waals surface area contributed by atoms with Crippen molar-refractivity contribution in [2.24, 2.45) is 0 Å². The average Bonchev–Trinajstić information content (AvgIpc) is 3.06. The van der Waals surface area contributed by atoms with Crippen LogP contribution < -0.4 is 10.5 Å². The van der Waals surface area contributed by atoms with Crippen molar-refractivity contribution in [3.63, 3.8) is 0 Å². The topological polar surface area (TPSA) is 82.2 Å². The zero-order valence-corrected chi connectivity index (χ0v) is 19.0. The van der Waals surface area contributed by atoms with Gasteiger partial charge in [-0.1, -0.05) is 6.07 Å². The Morgan fingerprint density at radius 3 is 2.73 bits per heavy atom. The summed E-state index contributed by atoms with van der Waals surface area (Å²) in [7, 11) is 0. The third kappa shape index (κ3) is 4.22. The number of amides is 1. The molecule has 1 aliphatic heterocycles. The fourth-order valence-electron chi connectivity index (χ4n) is 3.60. The second kappa shape index (κ2) is 8.77. The number of rotatable bonds is 5. The number of H-pyrrole nitrogens is 1. The number of pyridine rings is 1. The highest BCUT2D eigenvalue weighted by Crippen LogP contribution is 2.27. The molecule has 3 aromatic heterocycles. The van der Waals surface area contributed by atoms with Crippen LogP contribution in [0.4, 0.5) is 5.82 Å². The Hall–Kier alpha value is -2.39. The highest BCUT2D eigenvalue weighted by atomic mass is 32.2. The Kier molecular flexibility index (Phi) is 6.10. The van der Waals surface area contributed by atoms with Gasteiger partial charge in [0.25, 0.3) is 5.56 Å². The van der Waals surface area contributed by atoms with Crippen molar-refractivity contribution < 1.29 is 4.79 Å². The SMILES string of the molecule is Cc1sc2nc(CSC(C)C(=O)N3CCN(c4ccccn4)CC3)[nH]c(=O)c2c1C. The van der Waals surface area contributed by atoms with E-state index in [0.29, 0.717) is 30.1 Å². The van der Waals surface area contributed by atoms with Crippen LogP contribution >= 0.6 is 23.1 Å². The number of fused-ring (bicyclic) bond motifs is 1. The molecule has 1 fully saturated rings. The lowest BCUT2D eigenvalue weighted by Crippen LogP contribution is -2.50. The summed E-state index contributed by atoms with van der Waals surface area (Å²) in [5, 5.41) is 0.486. The summed E-state index contributed by atoms with van der Waals surface area (Å²) in [5.74, 6) is 2.21. The number of piperazine rings is 1. The Labute approximate surface area is 183 Å². The standard InChI is InChI=1S/C21H25N5O2S2/c1-13-14(2)30-20-18(13)19(27)23-16(24-20)12-29-15(3)21(28)26-10-8-25(9-11-26)17-6-4-5-7-22-17/h4-7,15H,8-12H2,1-3H3,(H,23,24,27). The molecule has 0 bridgehead atoms. The Bertz CT molecular complexity index is 1100. The van der Waals surface area contributed by atoms with E-state index < -0.39 is 0 Å². The third-order valence-corrected chi connectivity index (χ3v) is 7.71. The first-order valence-corrected chi connectivity index (χ1v) is 11.9. The van der Waals surface area contributed by atoms with E-state index in [2.05, 4.69) is 19.9 Å². The third-order valence-electron chi connectivity index (χ3n) is 5.47. The van der Waals surface area contributed by atoms with Crippen molar-refractivity contribution in [1.29, 1.82) is 0 Å². The molecule has 9 heteroatoms. The van der Waals surface area contributed by atoms with E-state index in [-0.39, 0.29) is 16.7 Å². The number of hydrogen-bond donors (Lipinski definition) is 1. The van der Waals surface area contributed by atoms with Crippen LogP contribution in [-0.4, -0.2) is 57.2 Å². The summed E-state index contributed by atoms with van der Waals surface area (Å²) in [4.78, 5) is 43.2. The molecule has 1 N–H and O–H groups in total. The maximum atomic E-state index is 12.9. The van der Waals surface area contributed by atoms with Crippen molar-refractivity contribution in [3.05, 3.63) is 51.0 Å². The Balaban J connectivity index is 1.34. The monoisotopic (exact) mass is 443 g/mol. The second-order valence-corrected chi connectivity index (χ2v) is 9.96. The van der Waals surface area contributed by atoms with E-state index in [1.807, 2.05) is 43.9 Å². The minimum atomic E-state index is -0.195.